The molecule has 0 saturated heterocycles. The summed E-state index contributed by atoms with van der Waals surface area (Å²) in [5.41, 5.74) is 8.53. The molecule has 0 aliphatic heterocycles. The molecule has 10 heteroatoms. The molecule has 5 N–H and O–H groups in total. The lowest BCUT2D eigenvalue weighted by Gasteiger charge is -2.18. The Morgan fingerprint density at radius 3 is 2.60 bits per heavy atom. The van der Waals surface area contributed by atoms with Crippen LogP contribution < -0.4 is 21.1 Å². The van der Waals surface area contributed by atoms with E-state index in [0.717, 1.165) is 17.0 Å². The molecule has 0 aliphatic rings. The van der Waals surface area contributed by atoms with Gasteiger partial charge >= 0.3 is 0 Å². The fraction of sp³-hybridized carbons (Fsp3) is 0.360. The van der Waals surface area contributed by atoms with E-state index in [2.05, 4.69) is 49.8 Å². The minimum atomic E-state index is -0.333. The molecule has 3 heterocycles. The van der Waals surface area contributed by atoms with Crippen LogP contribution in [-0.4, -0.2) is 37.5 Å². The molecule has 0 bridgehead atoms. The number of H-pyrrole nitrogens is 1. The van der Waals surface area contributed by atoms with Gasteiger partial charge in [0.1, 0.15) is 11.5 Å². The summed E-state index contributed by atoms with van der Waals surface area (Å²) in [5, 5.41) is 17.9. The molecule has 0 unspecified atom stereocenters. The molecule has 0 atom stereocenters. The van der Waals surface area contributed by atoms with Crippen LogP contribution in [0.15, 0.2) is 53.1 Å². The van der Waals surface area contributed by atoms with Crippen LogP contribution in [0.5, 0.6) is 5.88 Å². The summed E-state index contributed by atoms with van der Waals surface area (Å²) in [6.07, 6.45) is 0.681. The summed E-state index contributed by atoms with van der Waals surface area (Å²) in [7, 11) is 0. The molecule has 1 aromatic carbocycles. The summed E-state index contributed by atoms with van der Waals surface area (Å²) < 4.78 is 11.4. The van der Waals surface area contributed by atoms with Crippen LogP contribution in [0.1, 0.15) is 51.5 Å². The Hall–Kier alpha value is -3.92. The number of ether oxygens (including phenoxy) is 1. The largest absolute Gasteiger partial charge is 0.477 e. The number of nitrogens with one attached hydrogen (secondary N) is 3. The zero-order valence-corrected chi connectivity index (χ0v) is 20.5. The highest BCUT2D eigenvalue weighted by Gasteiger charge is 2.14. The summed E-state index contributed by atoms with van der Waals surface area (Å²) in [5.74, 6) is 3.02. The monoisotopic (exact) mass is 476 g/mol. The van der Waals surface area contributed by atoms with E-state index in [4.69, 9.17) is 15.0 Å². The van der Waals surface area contributed by atoms with E-state index >= 15 is 0 Å². The first-order chi connectivity index (χ1) is 16.7. The van der Waals surface area contributed by atoms with E-state index < -0.39 is 0 Å². The Bertz CT molecular complexity index is 1230. The van der Waals surface area contributed by atoms with Crippen molar-refractivity contribution in [2.75, 3.05) is 17.2 Å². The van der Waals surface area contributed by atoms with Gasteiger partial charge in [0.2, 0.25) is 11.8 Å². The van der Waals surface area contributed by atoms with E-state index in [1.807, 2.05) is 56.3 Å². The number of nitrogens with two attached hydrogens (primary N) is 1. The average molecular weight is 477 g/mol. The summed E-state index contributed by atoms with van der Waals surface area (Å²) in [4.78, 5) is 9.06. The van der Waals surface area contributed by atoms with E-state index in [9.17, 15) is 0 Å². The second kappa shape index (κ2) is 10.6. The first-order valence-corrected chi connectivity index (χ1v) is 11.6. The fourth-order valence-corrected chi connectivity index (χ4v) is 3.20. The van der Waals surface area contributed by atoms with Crippen molar-refractivity contribution < 1.29 is 9.26 Å². The predicted octanol–water partition coefficient (Wildman–Crippen LogP) is 4.84. The van der Waals surface area contributed by atoms with Crippen molar-refractivity contribution in [3.63, 3.8) is 0 Å². The topological polar surface area (TPSA) is 140 Å². The number of hydrogen-bond acceptors (Lipinski definition) is 9. The van der Waals surface area contributed by atoms with Gasteiger partial charge in [-0.05, 0) is 26.2 Å². The van der Waals surface area contributed by atoms with Crippen LogP contribution in [0, 0.1) is 0 Å². The second-order valence-corrected chi connectivity index (χ2v) is 9.39. The molecular weight excluding hydrogens is 444 g/mol. The number of aromatic amines is 1. The Morgan fingerprint density at radius 1 is 1.09 bits per heavy atom. The molecular formula is C25H32N8O2. The summed E-state index contributed by atoms with van der Waals surface area (Å²) in [6, 6.07) is 15.4. The molecule has 3 aromatic heterocycles. The van der Waals surface area contributed by atoms with Crippen molar-refractivity contribution in [1.82, 2.24) is 25.3 Å². The van der Waals surface area contributed by atoms with Gasteiger partial charge in [-0.25, -0.2) is 0 Å². The molecule has 35 heavy (non-hydrogen) atoms. The molecule has 0 radical (unpaired) electrons. The zero-order valence-electron chi connectivity index (χ0n) is 20.5. The number of nitrogens with zero attached hydrogens (tertiary/aromatic N) is 4. The maximum absolute atomic E-state index is 6.08. The van der Waals surface area contributed by atoms with Crippen LogP contribution in [0.25, 0.3) is 11.3 Å². The zero-order chi connectivity index (χ0) is 24.8. The van der Waals surface area contributed by atoms with Crippen LogP contribution >= 0.6 is 0 Å². The van der Waals surface area contributed by atoms with Crippen LogP contribution in [0.3, 0.4) is 0 Å². The summed E-state index contributed by atoms with van der Waals surface area (Å²) in [6.45, 7) is 8.91. The lowest BCUT2D eigenvalue weighted by atomic mass is 10.0. The SMILES string of the molecule is CC(C)c1cc(Nc2cc(OCCC(C)(C)N)nc(NCc3cc(-c4ccccc4)no3)n2)n[nH]1. The minimum Gasteiger partial charge on any atom is -0.477 e. The van der Waals surface area contributed by atoms with Gasteiger partial charge < -0.3 is 25.6 Å². The average Bonchev–Trinajstić information content (AvgIpc) is 3.47. The van der Waals surface area contributed by atoms with Crippen LogP contribution in [0.4, 0.5) is 17.6 Å². The van der Waals surface area contributed by atoms with Crippen molar-refractivity contribution in [2.45, 2.75) is 52.1 Å². The van der Waals surface area contributed by atoms with Gasteiger partial charge in [-0.2, -0.15) is 15.1 Å². The molecule has 10 nitrogen and oxygen atoms in total. The molecule has 184 valence electrons. The van der Waals surface area contributed by atoms with Gasteiger partial charge in [-0.15, -0.1) is 0 Å². The van der Waals surface area contributed by atoms with E-state index in [-0.39, 0.29) is 5.54 Å². The Morgan fingerprint density at radius 2 is 1.89 bits per heavy atom. The molecule has 0 saturated carbocycles. The predicted molar refractivity (Wildman–Crippen MR) is 136 cm³/mol. The lowest BCUT2D eigenvalue weighted by Crippen LogP contribution is -2.33. The van der Waals surface area contributed by atoms with Crippen molar-refractivity contribution in [3.05, 3.63) is 60.0 Å². The third kappa shape index (κ3) is 7.03. The Kier molecular flexibility index (Phi) is 7.31. The first kappa shape index (κ1) is 24.2. The van der Waals surface area contributed by atoms with Gasteiger partial charge in [0.15, 0.2) is 11.6 Å². The highest BCUT2D eigenvalue weighted by Crippen LogP contribution is 2.23. The molecule has 4 aromatic rings. The standard InChI is InChI=1S/C25H32N8O2/c1-16(2)19-13-22(32-31-19)28-21-14-23(34-11-10-25(3,4)26)30-24(29-21)27-15-18-12-20(33-35-18)17-8-6-5-7-9-17/h5-9,12-14,16H,10-11,15,26H2,1-4H3,(H3,27,28,29,30,31,32). The van der Waals surface area contributed by atoms with Crippen LogP contribution in [-0.2, 0) is 6.54 Å². The van der Waals surface area contributed by atoms with Gasteiger partial charge in [-0.1, -0.05) is 49.3 Å². The number of anilines is 3. The second-order valence-electron chi connectivity index (χ2n) is 9.39. The van der Waals surface area contributed by atoms with Gasteiger partial charge in [0, 0.05) is 35.0 Å². The van der Waals surface area contributed by atoms with Crippen LogP contribution in [0.2, 0.25) is 0 Å². The van der Waals surface area contributed by atoms with Crippen molar-refractivity contribution in [1.29, 1.82) is 0 Å². The summed E-state index contributed by atoms with van der Waals surface area (Å²) >= 11 is 0. The normalized spacial score (nSPS) is 11.6. The highest BCUT2D eigenvalue weighted by atomic mass is 16.5. The number of aromatic nitrogens is 5. The lowest BCUT2D eigenvalue weighted by molar-refractivity contribution is 0.265. The third-order valence-corrected chi connectivity index (χ3v) is 5.22. The molecule has 0 spiro atoms. The van der Waals surface area contributed by atoms with Crippen molar-refractivity contribution in [3.8, 4) is 17.1 Å². The van der Waals surface area contributed by atoms with Gasteiger partial charge in [-0.3, -0.25) is 5.10 Å². The number of rotatable bonds is 11. The molecule has 0 fully saturated rings. The van der Waals surface area contributed by atoms with E-state index in [1.54, 1.807) is 6.07 Å². The molecule has 0 amide bonds. The fourth-order valence-electron chi connectivity index (χ4n) is 3.20. The Balaban J connectivity index is 1.48. The van der Waals surface area contributed by atoms with Crippen molar-refractivity contribution in [2.24, 2.45) is 5.73 Å². The van der Waals surface area contributed by atoms with Crippen molar-refractivity contribution >= 4 is 17.6 Å². The molecule has 4 rings (SSSR count). The van der Waals surface area contributed by atoms with Gasteiger partial charge in [0.05, 0.1) is 13.2 Å². The number of hydrogen-bond donors (Lipinski definition) is 4. The minimum absolute atomic E-state index is 0.333. The Labute approximate surface area is 204 Å². The van der Waals surface area contributed by atoms with Gasteiger partial charge in [0.25, 0.3) is 0 Å². The quantitative estimate of drug-likeness (QED) is 0.239. The van der Waals surface area contributed by atoms with E-state index in [1.165, 1.54) is 0 Å². The first-order valence-electron chi connectivity index (χ1n) is 11.6. The maximum Gasteiger partial charge on any atom is 0.228 e. The third-order valence-electron chi connectivity index (χ3n) is 5.22. The highest BCUT2D eigenvalue weighted by molar-refractivity contribution is 5.59. The van der Waals surface area contributed by atoms with E-state index in [0.29, 0.717) is 54.7 Å². The molecule has 0 aliphatic carbocycles. The smallest absolute Gasteiger partial charge is 0.228 e. The number of benzene rings is 1. The maximum atomic E-state index is 6.08.